The van der Waals surface area contributed by atoms with Crippen molar-refractivity contribution in [2.24, 2.45) is 0 Å². The highest BCUT2D eigenvalue weighted by Gasteiger charge is 2.05. The fraction of sp³-hybridized carbons (Fsp3) is 0.250. The van der Waals surface area contributed by atoms with Crippen LogP contribution in [0.15, 0.2) is 30.9 Å². The van der Waals surface area contributed by atoms with E-state index in [4.69, 9.17) is 0 Å². The molecule has 1 radical (unpaired) electrons. The molecule has 1 rings (SSSR count). The van der Waals surface area contributed by atoms with Crippen LogP contribution < -0.4 is 0 Å². The van der Waals surface area contributed by atoms with Crippen molar-refractivity contribution in [3.63, 3.8) is 0 Å². The minimum atomic E-state index is -0.143. The van der Waals surface area contributed by atoms with Crippen LogP contribution in [0.2, 0.25) is 0 Å². The van der Waals surface area contributed by atoms with Gasteiger partial charge in [-0.25, -0.2) is 4.39 Å². The Kier molecular flexibility index (Phi) is 3.24. The van der Waals surface area contributed by atoms with Crippen LogP contribution in [0.3, 0.4) is 0 Å². The number of rotatable bonds is 3. The minimum Gasteiger partial charge on any atom is -0.207 e. The van der Waals surface area contributed by atoms with Gasteiger partial charge in [0, 0.05) is 5.92 Å². The average molecular weight is 177 g/mol. The fourth-order valence-corrected chi connectivity index (χ4v) is 1.22. The van der Waals surface area contributed by atoms with E-state index in [1.54, 1.807) is 6.08 Å². The predicted octanol–water partition coefficient (Wildman–Crippen LogP) is 3.49. The maximum atomic E-state index is 13.3. The average Bonchev–Trinajstić information content (AvgIpc) is 2.16. The molecule has 0 nitrogen and oxygen atoms in total. The Morgan fingerprint density at radius 2 is 2.23 bits per heavy atom. The minimum absolute atomic E-state index is 0.0274. The molecule has 1 heteroatoms. The van der Waals surface area contributed by atoms with E-state index in [9.17, 15) is 4.39 Å². The van der Waals surface area contributed by atoms with Crippen LogP contribution in [-0.2, 0) is 6.42 Å². The van der Waals surface area contributed by atoms with Gasteiger partial charge in [0.2, 0.25) is 0 Å². The summed E-state index contributed by atoms with van der Waals surface area (Å²) in [6.07, 6.45) is 2.43. The maximum Gasteiger partial charge on any atom is 0.126 e. The van der Waals surface area contributed by atoms with Gasteiger partial charge in [-0.05, 0) is 30.5 Å². The summed E-state index contributed by atoms with van der Waals surface area (Å²) in [6, 6.07) is 5.26. The van der Waals surface area contributed by atoms with Crippen LogP contribution in [0.1, 0.15) is 24.0 Å². The highest BCUT2D eigenvalue weighted by Crippen LogP contribution is 2.19. The summed E-state index contributed by atoms with van der Waals surface area (Å²) in [4.78, 5) is 0. The number of benzene rings is 1. The summed E-state index contributed by atoms with van der Waals surface area (Å²) in [5.41, 5.74) is 1.63. The Bertz CT molecular complexity index is 302. The van der Waals surface area contributed by atoms with Crippen LogP contribution in [0.5, 0.6) is 0 Å². The molecule has 1 aromatic carbocycles. The van der Waals surface area contributed by atoms with Crippen molar-refractivity contribution in [1.29, 1.82) is 0 Å². The second-order valence-electron chi connectivity index (χ2n) is 3.05. The number of aryl methyl sites for hydroxylation is 1. The van der Waals surface area contributed by atoms with E-state index in [2.05, 4.69) is 13.5 Å². The summed E-state index contributed by atoms with van der Waals surface area (Å²) in [7, 11) is 0. The highest BCUT2D eigenvalue weighted by atomic mass is 19.1. The highest BCUT2D eigenvalue weighted by molar-refractivity contribution is 5.29. The van der Waals surface area contributed by atoms with Gasteiger partial charge in [-0.1, -0.05) is 25.1 Å². The summed E-state index contributed by atoms with van der Waals surface area (Å²) in [5.74, 6) is -0.170. The molecule has 0 N–H and O–H groups in total. The number of hydrogen-bond acceptors (Lipinski definition) is 0. The second-order valence-corrected chi connectivity index (χ2v) is 3.05. The molecule has 0 amide bonds. The van der Waals surface area contributed by atoms with E-state index in [0.717, 1.165) is 17.5 Å². The monoisotopic (exact) mass is 177 g/mol. The van der Waals surface area contributed by atoms with Crippen molar-refractivity contribution < 1.29 is 4.39 Å². The van der Waals surface area contributed by atoms with E-state index in [-0.39, 0.29) is 11.7 Å². The SMILES string of the molecule is [CH2]C(C=C)c1ccc(CC)c(F)c1. The van der Waals surface area contributed by atoms with Gasteiger partial charge in [-0.3, -0.25) is 0 Å². The van der Waals surface area contributed by atoms with E-state index >= 15 is 0 Å². The third kappa shape index (κ3) is 2.18. The Balaban J connectivity index is 3.02. The standard InChI is InChI=1S/C12H14F/c1-4-9(3)11-7-6-10(5-2)12(13)8-11/h4,6-9H,1,3,5H2,2H3. The van der Waals surface area contributed by atoms with Crippen molar-refractivity contribution in [2.75, 3.05) is 0 Å². The molecule has 69 valence electrons. The molecule has 0 saturated carbocycles. The summed E-state index contributed by atoms with van der Waals surface area (Å²) in [6.45, 7) is 9.40. The summed E-state index contributed by atoms with van der Waals surface area (Å²) < 4.78 is 13.3. The Labute approximate surface area is 79.1 Å². The van der Waals surface area contributed by atoms with E-state index < -0.39 is 0 Å². The molecule has 0 saturated heterocycles. The lowest BCUT2D eigenvalue weighted by atomic mass is 9.99. The zero-order valence-electron chi connectivity index (χ0n) is 7.89. The van der Waals surface area contributed by atoms with Gasteiger partial charge in [0.1, 0.15) is 5.82 Å². The number of hydrogen-bond donors (Lipinski definition) is 0. The smallest absolute Gasteiger partial charge is 0.126 e. The van der Waals surface area contributed by atoms with E-state index in [0.29, 0.717) is 0 Å². The van der Waals surface area contributed by atoms with Crippen molar-refractivity contribution in [3.05, 3.63) is 54.7 Å². The van der Waals surface area contributed by atoms with E-state index in [1.165, 1.54) is 6.07 Å². The zero-order valence-corrected chi connectivity index (χ0v) is 7.89. The van der Waals surface area contributed by atoms with Crippen LogP contribution in [-0.4, -0.2) is 0 Å². The Morgan fingerprint density at radius 3 is 2.69 bits per heavy atom. The molecule has 0 aliphatic carbocycles. The molecule has 0 spiro atoms. The van der Waals surface area contributed by atoms with Crippen LogP contribution in [0.25, 0.3) is 0 Å². The molecular weight excluding hydrogens is 163 g/mol. The molecule has 1 aromatic rings. The van der Waals surface area contributed by atoms with Gasteiger partial charge in [-0.2, -0.15) is 0 Å². The Morgan fingerprint density at radius 1 is 1.54 bits per heavy atom. The first-order valence-electron chi connectivity index (χ1n) is 4.43. The predicted molar refractivity (Wildman–Crippen MR) is 54.1 cm³/mol. The summed E-state index contributed by atoms with van der Waals surface area (Å²) >= 11 is 0. The van der Waals surface area contributed by atoms with Crippen LogP contribution in [0.4, 0.5) is 4.39 Å². The molecule has 0 aliphatic heterocycles. The van der Waals surface area contributed by atoms with Gasteiger partial charge < -0.3 is 0 Å². The van der Waals surface area contributed by atoms with E-state index in [1.807, 2.05) is 19.1 Å². The van der Waals surface area contributed by atoms with Crippen molar-refractivity contribution in [2.45, 2.75) is 19.3 Å². The molecule has 0 bridgehead atoms. The van der Waals surface area contributed by atoms with Crippen LogP contribution in [0, 0.1) is 12.7 Å². The topological polar surface area (TPSA) is 0 Å². The molecule has 0 fully saturated rings. The first kappa shape index (κ1) is 9.97. The molecule has 0 aliphatic rings. The van der Waals surface area contributed by atoms with Gasteiger partial charge in [0.15, 0.2) is 0 Å². The molecule has 1 unspecified atom stereocenters. The first-order chi connectivity index (χ1) is 6.19. The van der Waals surface area contributed by atoms with Crippen molar-refractivity contribution in [1.82, 2.24) is 0 Å². The largest absolute Gasteiger partial charge is 0.207 e. The zero-order chi connectivity index (χ0) is 9.84. The fourth-order valence-electron chi connectivity index (χ4n) is 1.22. The number of halogens is 1. The quantitative estimate of drug-likeness (QED) is 0.620. The molecule has 13 heavy (non-hydrogen) atoms. The van der Waals surface area contributed by atoms with Crippen LogP contribution >= 0.6 is 0 Å². The number of allylic oxidation sites excluding steroid dienone is 1. The lowest BCUT2D eigenvalue weighted by Gasteiger charge is -2.07. The molecular formula is C12H14F. The van der Waals surface area contributed by atoms with Gasteiger partial charge in [0.05, 0.1) is 0 Å². The van der Waals surface area contributed by atoms with Crippen molar-refractivity contribution in [3.8, 4) is 0 Å². The van der Waals surface area contributed by atoms with Crippen molar-refractivity contribution >= 4 is 0 Å². The van der Waals surface area contributed by atoms with Gasteiger partial charge in [-0.15, -0.1) is 6.58 Å². The Hall–Kier alpha value is -1.11. The lowest BCUT2D eigenvalue weighted by molar-refractivity contribution is 0.609. The third-order valence-electron chi connectivity index (χ3n) is 2.17. The third-order valence-corrected chi connectivity index (χ3v) is 2.17. The summed E-state index contributed by atoms with van der Waals surface area (Å²) in [5, 5.41) is 0. The molecule has 0 aromatic heterocycles. The molecule has 0 heterocycles. The lowest BCUT2D eigenvalue weighted by Crippen LogP contribution is -1.93. The normalized spacial score (nSPS) is 12.5. The second kappa shape index (κ2) is 4.22. The first-order valence-corrected chi connectivity index (χ1v) is 4.43. The van der Waals surface area contributed by atoms with Gasteiger partial charge in [0.25, 0.3) is 0 Å². The van der Waals surface area contributed by atoms with Gasteiger partial charge >= 0.3 is 0 Å². The maximum absolute atomic E-state index is 13.3. The molecule has 1 atom stereocenters.